The number of aromatic hydroxyl groups is 2. The number of aliphatic hydroxyl groups is 1. The molecule has 0 aliphatic rings. The predicted octanol–water partition coefficient (Wildman–Crippen LogP) is 5.71. The highest BCUT2D eigenvalue weighted by atomic mass is 16.3. The van der Waals surface area contributed by atoms with E-state index in [1.165, 1.54) is 0 Å². The van der Waals surface area contributed by atoms with E-state index in [4.69, 9.17) is 5.11 Å². The van der Waals surface area contributed by atoms with E-state index in [2.05, 4.69) is 24.3 Å². The van der Waals surface area contributed by atoms with Gasteiger partial charge >= 0.3 is 0 Å². The minimum absolute atomic E-state index is 0.238. The van der Waals surface area contributed by atoms with Crippen molar-refractivity contribution in [1.82, 2.24) is 0 Å². The van der Waals surface area contributed by atoms with E-state index in [1.54, 1.807) is 24.3 Å². The first-order chi connectivity index (χ1) is 14.7. The second-order valence-corrected chi connectivity index (χ2v) is 6.58. The Kier molecular flexibility index (Phi) is 7.04. The standard InChI is InChI=1S/C26H20O2.CH4O/c27-23-15-11-21(12-16-23)25(19-7-3-1-4-8-19)26(20-9-5-2-6-10-20)22-13-17-24(28)18-14-22;1-2/h1-18,27-28H;2H,1H3/b26-25+;. The maximum atomic E-state index is 9.77. The van der Waals surface area contributed by atoms with Gasteiger partial charge in [-0.15, -0.1) is 0 Å². The first-order valence-corrected chi connectivity index (χ1v) is 9.61. The number of phenolic OH excluding ortho intramolecular Hbond substituents is 2. The van der Waals surface area contributed by atoms with E-state index in [0.717, 1.165) is 40.5 Å². The highest BCUT2D eigenvalue weighted by molar-refractivity contribution is 6.04. The average molecular weight is 396 g/mol. The second-order valence-electron chi connectivity index (χ2n) is 6.58. The van der Waals surface area contributed by atoms with E-state index >= 15 is 0 Å². The first kappa shape index (κ1) is 20.9. The van der Waals surface area contributed by atoms with Crippen molar-refractivity contribution in [3.8, 4) is 11.5 Å². The van der Waals surface area contributed by atoms with E-state index < -0.39 is 0 Å². The highest BCUT2D eigenvalue weighted by Gasteiger charge is 2.16. The molecule has 0 aliphatic heterocycles. The van der Waals surface area contributed by atoms with Crippen LogP contribution in [0.5, 0.6) is 11.5 Å². The number of rotatable bonds is 4. The highest BCUT2D eigenvalue weighted by Crippen LogP contribution is 2.37. The summed E-state index contributed by atoms with van der Waals surface area (Å²) in [5, 5.41) is 26.5. The lowest BCUT2D eigenvalue weighted by Crippen LogP contribution is -1.97. The molecular weight excluding hydrogens is 372 g/mol. The van der Waals surface area contributed by atoms with Crippen LogP contribution in [-0.2, 0) is 0 Å². The Labute approximate surface area is 176 Å². The lowest BCUT2D eigenvalue weighted by atomic mass is 9.86. The average Bonchev–Trinajstić information content (AvgIpc) is 2.81. The summed E-state index contributed by atoms with van der Waals surface area (Å²) >= 11 is 0. The van der Waals surface area contributed by atoms with Crippen LogP contribution in [-0.4, -0.2) is 22.4 Å². The van der Waals surface area contributed by atoms with Crippen LogP contribution in [0, 0.1) is 0 Å². The zero-order valence-corrected chi connectivity index (χ0v) is 16.7. The molecule has 0 aromatic heterocycles. The van der Waals surface area contributed by atoms with Crippen molar-refractivity contribution in [1.29, 1.82) is 0 Å². The van der Waals surface area contributed by atoms with Gasteiger partial charge in [0.1, 0.15) is 11.5 Å². The van der Waals surface area contributed by atoms with Crippen LogP contribution in [0.1, 0.15) is 22.3 Å². The van der Waals surface area contributed by atoms with Crippen molar-refractivity contribution in [2.75, 3.05) is 7.11 Å². The quantitative estimate of drug-likeness (QED) is 0.387. The molecule has 0 saturated carbocycles. The Bertz CT molecular complexity index is 991. The summed E-state index contributed by atoms with van der Waals surface area (Å²) in [5.74, 6) is 0.476. The minimum atomic E-state index is 0.238. The largest absolute Gasteiger partial charge is 0.508 e. The fourth-order valence-electron chi connectivity index (χ4n) is 3.38. The number of benzene rings is 4. The molecule has 4 aromatic rings. The molecule has 3 heteroatoms. The zero-order chi connectivity index (χ0) is 21.3. The third-order valence-corrected chi connectivity index (χ3v) is 4.69. The lowest BCUT2D eigenvalue weighted by Gasteiger charge is -2.18. The maximum absolute atomic E-state index is 9.77. The third kappa shape index (κ3) is 4.77. The molecule has 0 atom stereocenters. The van der Waals surface area contributed by atoms with E-state index in [0.29, 0.717) is 0 Å². The van der Waals surface area contributed by atoms with Gasteiger partial charge in [-0.2, -0.15) is 0 Å². The van der Waals surface area contributed by atoms with Gasteiger partial charge in [-0.05, 0) is 57.7 Å². The molecule has 0 aliphatic carbocycles. The smallest absolute Gasteiger partial charge is 0.115 e. The Morgan fingerprint density at radius 3 is 0.967 bits per heavy atom. The van der Waals surface area contributed by atoms with Crippen LogP contribution in [0.15, 0.2) is 109 Å². The van der Waals surface area contributed by atoms with Gasteiger partial charge in [-0.3, -0.25) is 0 Å². The van der Waals surface area contributed by atoms with Crippen molar-refractivity contribution in [2.24, 2.45) is 0 Å². The van der Waals surface area contributed by atoms with Crippen LogP contribution in [0.4, 0.5) is 0 Å². The second kappa shape index (κ2) is 10.1. The molecule has 4 rings (SSSR count). The van der Waals surface area contributed by atoms with E-state index in [-0.39, 0.29) is 11.5 Å². The minimum Gasteiger partial charge on any atom is -0.508 e. The molecular formula is C27H24O3. The Morgan fingerprint density at radius 1 is 0.400 bits per heavy atom. The molecule has 0 amide bonds. The predicted molar refractivity (Wildman–Crippen MR) is 122 cm³/mol. The summed E-state index contributed by atoms with van der Waals surface area (Å²) in [5.41, 5.74) is 6.32. The van der Waals surface area contributed by atoms with Gasteiger partial charge in [-0.1, -0.05) is 84.9 Å². The number of hydrogen-bond acceptors (Lipinski definition) is 3. The van der Waals surface area contributed by atoms with Gasteiger partial charge < -0.3 is 15.3 Å². The zero-order valence-electron chi connectivity index (χ0n) is 16.7. The molecule has 3 N–H and O–H groups in total. The fourth-order valence-corrected chi connectivity index (χ4v) is 3.38. The molecule has 30 heavy (non-hydrogen) atoms. The number of hydrogen-bond donors (Lipinski definition) is 3. The van der Waals surface area contributed by atoms with Crippen molar-refractivity contribution in [3.63, 3.8) is 0 Å². The van der Waals surface area contributed by atoms with Gasteiger partial charge in [0, 0.05) is 7.11 Å². The van der Waals surface area contributed by atoms with Gasteiger partial charge in [0.2, 0.25) is 0 Å². The molecule has 150 valence electrons. The molecule has 0 saturated heterocycles. The van der Waals surface area contributed by atoms with E-state index in [9.17, 15) is 10.2 Å². The lowest BCUT2D eigenvalue weighted by molar-refractivity contribution is 0.399. The Hall–Kier alpha value is -3.82. The van der Waals surface area contributed by atoms with Crippen molar-refractivity contribution in [3.05, 3.63) is 131 Å². The van der Waals surface area contributed by atoms with Crippen LogP contribution in [0.2, 0.25) is 0 Å². The van der Waals surface area contributed by atoms with Crippen molar-refractivity contribution >= 4 is 11.1 Å². The van der Waals surface area contributed by atoms with Crippen molar-refractivity contribution < 1.29 is 15.3 Å². The SMILES string of the molecule is CO.Oc1ccc(/C(=C(\c2ccccc2)c2ccc(O)cc2)c2ccccc2)cc1. The maximum Gasteiger partial charge on any atom is 0.115 e. The summed E-state index contributed by atoms with van der Waals surface area (Å²) in [6, 6.07) is 35.0. The van der Waals surface area contributed by atoms with Gasteiger partial charge in [0.05, 0.1) is 0 Å². The molecule has 4 aromatic carbocycles. The molecule has 3 nitrogen and oxygen atoms in total. The molecule has 0 fully saturated rings. The topological polar surface area (TPSA) is 60.7 Å². The summed E-state index contributed by atoms with van der Waals surface area (Å²) in [6.07, 6.45) is 0. The Morgan fingerprint density at radius 2 is 0.667 bits per heavy atom. The first-order valence-electron chi connectivity index (χ1n) is 9.61. The van der Waals surface area contributed by atoms with Crippen LogP contribution in [0.25, 0.3) is 11.1 Å². The van der Waals surface area contributed by atoms with Crippen molar-refractivity contribution in [2.45, 2.75) is 0 Å². The summed E-state index contributed by atoms with van der Waals surface area (Å²) in [4.78, 5) is 0. The van der Waals surface area contributed by atoms with Crippen LogP contribution < -0.4 is 0 Å². The number of phenols is 2. The third-order valence-electron chi connectivity index (χ3n) is 4.69. The molecule has 0 heterocycles. The van der Waals surface area contributed by atoms with E-state index in [1.807, 2.05) is 60.7 Å². The fraction of sp³-hybridized carbons (Fsp3) is 0.0370. The summed E-state index contributed by atoms with van der Waals surface area (Å²) in [6.45, 7) is 0. The molecule has 0 unspecified atom stereocenters. The number of aliphatic hydroxyl groups excluding tert-OH is 1. The monoisotopic (exact) mass is 396 g/mol. The normalized spacial score (nSPS) is 11.1. The molecule has 0 bridgehead atoms. The van der Waals surface area contributed by atoms with Gasteiger partial charge in [0.25, 0.3) is 0 Å². The molecule has 0 spiro atoms. The summed E-state index contributed by atoms with van der Waals surface area (Å²) < 4.78 is 0. The molecule has 0 radical (unpaired) electrons. The van der Waals surface area contributed by atoms with Gasteiger partial charge in [-0.25, -0.2) is 0 Å². The van der Waals surface area contributed by atoms with Crippen LogP contribution in [0.3, 0.4) is 0 Å². The Balaban J connectivity index is 0.00000124. The van der Waals surface area contributed by atoms with Gasteiger partial charge in [0.15, 0.2) is 0 Å². The van der Waals surface area contributed by atoms with Crippen LogP contribution >= 0.6 is 0 Å². The summed E-state index contributed by atoms with van der Waals surface area (Å²) in [7, 11) is 1.00.